The molecule has 6 heteroatoms. The number of hydrogen-bond donors (Lipinski definition) is 2. The van der Waals surface area contributed by atoms with Crippen LogP contribution in [0, 0.1) is 0 Å². The zero-order chi connectivity index (χ0) is 16.1. The van der Waals surface area contributed by atoms with E-state index in [1.165, 1.54) is 0 Å². The lowest BCUT2D eigenvalue weighted by atomic mass is 10.1. The van der Waals surface area contributed by atoms with Crippen molar-refractivity contribution in [2.75, 3.05) is 5.32 Å². The summed E-state index contributed by atoms with van der Waals surface area (Å²) >= 11 is 0. The van der Waals surface area contributed by atoms with E-state index in [9.17, 15) is 0 Å². The number of anilines is 2. The number of aromatic amines is 1. The Morgan fingerprint density at radius 1 is 1.17 bits per heavy atom. The average molecular weight is 304 g/mol. The first-order valence-corrected chi connectivity index (χ1v) is 7.15. The van der Waals surface area contributed by atoms with Crippen molar-refractivity contribution >= 4 is 23.7 Å². The van der Waals surface area contributed by atoms with Gasteiger partial charge >= 0.3 is 0 Å². The Bertz CT molecular complexity index is 835. The predicted molar refractivity (Wildman–Crippen MR) is 91.9 cm³/mol. The van der Waals surface area contributed by atoms with E-state index in [0.29, 0.717) is 17.3 Å². The number of nitrogens with one attached hydrogen (secondary N) is 2. The molecular formula is C17H16N6. The quantitative estimate of drug-likeness (QED) is 0.751. The van der Waals surface area contributed by atoms with Crippen molar-refractivity contribution in [3.63, 3.8) is 0 Å². The van der Waals surface area contributed by atoms with E-state index in [0.717, 1.165) is 16.9 Å². The molecule has 114 valence electrons. The molecule has 0 aromatic carbocycles. The molecule has 0 aliphatic heterocycles. The van der Waals surface area contributed by atoms with Crippen LogP contribution in [0.1, 0.15) is 18.2 Å². The SMILES string of the molecule is C=Cc1c(-c2nccc(Nc3ccncc3)n2)n[nH]c1/C=C\C. The fraction of sp³-hybridized carbons (Fsp3) is 0.0588. The molecule has 3 aromatic rings. The van der Waals surface area contributed by atoms with Gasteiger partial charge in [0.25, 0.3) is 0 Å². The van der Waals surface area contributed by atoms with Gasteiger partial charge in [-0.15, -0.1) is 0 Å². The van der Waals surface area contributed by atoms with Crippen molar-refractivity contribution in [3.8, 4) is 11.5 Å². The van der Waals surface area contributed by atoms with Gasteiger partial charge in [-0.1, -0.05) is 18.7 Å². The molecule has 0 amide bonds. The standard InChI is InChI=1S/C17H16N6/c1-3-5-14-13(4-2)16(23-22-14)17-19-11-8-15(21-17)20-12-6-9-18-10-7-12/h3-11H,2H2,1H3,(H,22,23)(H,18,19,20,21)/b5-3-. The summed E-state index contributed by atoms with van der Waals surface area (Å²) in [4.78, 5) is 12.8. The van der Waals surface area contributed by atoms with E-state index in [-0.39, 0.29) is 0 Å². The first-order valence-electron chi connectivity index (χ1n) is 7.15. The maximum Gasteiger partial charge on any atom is 0.182 e. The number of H-pyrrole nitrogens is 1. The van der Waals surface area contributed by atoms with Gasteiger partial charge in [-0.3, -0.25) is 10.1 Å². The second kappa shape index (κ2) is 6.65. The Balaban J connectivity index is 1.95. The van der Waals surface area contributed by atoms with E-state index in [1.54, 1.807) is 30.7 Å². The molecule has 3 aromatic heterocycles. The third-order valence-electron chi connectivity index (χ3n) is 3.19. The minimum Gasteiger partial charge on any atom is -0.340 e. The van der Waals surface area contributed by atoms with Gasteiger partial charge in [0.15, 0.2) is 5.82 Å². The monoisotopic (exact) mass is 304 g/mol. The lowest BCUT2D eigenvalue weighted by Gasteiger charge is -2.06. The number of allylic oxidation sites excluding steroid dienone is 1. The molecule has 0 saturated carbocycles. The zero-order valence-electron chi connectivity index (χ0n) is 12.7. The molecule has 0 radical (unpaired) electrons. The Hall–Kier alpha value is -3.28. The lowest BCUT2D eigenvalue weighted by Crippen LogP contribution is -1.97. The highest BCUT2D eigenvalue weighted by Gasteiger charge is 2.13. The van der Waals surface area contributed by atoms with E-state index in [4.69, 9.17) is 0 Å². The molecule has 0 aliphatic carbocycles. The molecule has 0 saturated heterocycles. The minimum absolute atomic E-state index is 0.533. The molecule has 2 N–H and O–H groups in total. The zero-order valence-corrected chi connectivity index (χ0v) is 12.7. The van der Waals surface area contributed by atoms with Crippen LogP contribution < -0.4 is 5.32 Å². The number of aromatic nitrogens is 5. The van der Waals surface area contributed by atoms with Crippen LogP contribution in [-0.4, -0.2) is 25.1 Å². The fourth-order valence-corrected chi connectivity index (χ4v) is 2.16. The maximum atomic E-state index is 4.52. The average Bonchev–Trinajstić information content (AvgIpc) is 2.99. The highest BCUT2D eigenvalue weighted by atomic mass is 15.1. The van der Waals surface area contributed by atoms with E-state index < -0.39 is 0 Å². The molecule has 0 fully saturated rings. The maximum absolute atomic E-state index is 4.52. The second-order valence-corrected chi connectivity index (χ2v) is 4.73. The van der Waals surface area contributed by atoms with Gasteiger partial charge < -0.3 is 5.32 Å². The van der Waals surface area contributed by atoms with E-state index >= 15 is 0 Å². The fourth-order valence-electron chi connectivity index (χ4n) is 2.16. The van der Waals surface area contributed by atoms with Crippen LogP contribution in [0.4, 0.5) is 11.5 Å². The van der Waals surface area contributed by atoms with Gasteiger partial charge in [0.1, 0.15) is 11.5 Å². The highest BCUT2D eigenvalue weighted by Crippen LogP contribution is 2.24. The van der Waals surface area contributed by atoms with E-state index in [1.807, 2.05) is 31.2 Å². The minimum atomic E-state index is 0.533. The van der Waals surface area contributed by atoms with Crippen molar-refractivity contribution in [1.29, 1.82) is 0 Å². The summed E-state index contributed by atoms with van der Waals surface area (Å²) in [5.41, 5.74) is 3.34. The smallest absolute Gasteiger partial charge is 0.182 e. The van der Waals surface area contributed by atoms with Crippen molar-refractivity contribution in [3.05, 3.63) is 60.7 Å². The largest absolute Gasteiger partial charge is 0.340 e. The molecule has 3 rings (SSSR count). The van der Waals surface area contributed by atoms with E-state index in [2.05, 4.69) is 37.0 Å². The van der Waals surface area contributed by atoms with Gasteiger partial charge in [0.2, 0.25) is 0 Å². The first kappa shape index (κ1) is 14.6. The molecule has 0 atom stereocenters. The summed E-state index contributed by atoms with van der Waals surface area (Å²) in [6.07, 6.45) is 10.8. The first-order chi connectivity index (χ1) is 11.3. The Kier molecular flexibility index (Phi) is 4.24. The summed E-state index contributed by atoms with van der Waals surface area (Å²) in [6.45, 7) is 5.80. The molecule has 0 aliphatic rings. The summed E-state index contributed by atoms with van der Waals surface area (Å²) in [5, 5.41) is 10.5. The van der Waals surface area contributed by atoms with Crippen molar-refractivity contribution < 1.29 is 0 Å². The molecule has 23 heavy (non-hydrogen) atoms. The molecule has 0 spiro atoms. The van der Waals surface area contributed by atoms with Crippen molar-refractivity contribution in [2.45, 2.75) is 6.92 Å². The number of pyridine rings is 1. The Labute approximate surface area is 134 Å². The van der Waals surface area contributed by atoms with Crippen LogP contribution in [0.15, 0.2) is 49.4 Å². The normalized spacial score (nSPS) is 10.8. The molecule has 3 heterocycles. The second-order valence-electron chi connectivity index (χ2n) is 4.73. The predicted octanol–water partition coefficient (Wildman–Crippen LogP) is 3.68. The summed E-state index contributed by atoms with van der Waals surface area (Å²) in [7, 11) is 0. The number of nitrogens with zero attached hydrogens (tertiary/aromatic N) is 4. The van der Waals surface area contributed by atoms with Crippen LogP contribution in [-0.2, 0) is 0 Å². The van der Waals surface area contributed by atoms with Gasteiger partial charge in [-0.05, 0) is 31.2 Å². The summed E-state index contributed by atoms with van der Waals surface area (Å²) in [6, 6.07) is 5.54. The van der Waals surface area contributed by atoms with Crippen molar-refractivity contribution in [1.82, 2.24) is 25.1 Å². The van der Waals surface area contributed by atoms with Crippen LogP contribution in [0.3, 0.4) is 0 Å². The molecular weight excluding hydrogens is 288 g/mol. The van der Waals surface area contributed by atoms with Crippen LogP contribution in [0.25, 0.3) is 23.7 Å². The Morgan fingerprint density at radius 2 is 2.00 bits per heavy atom. The summed E-state index contributed by atoms with van der Waals surface area (Å²) in [5.74, 6) is 1.22. The van der Waals surface area contributed by atoms with Crippen LogP contribution in [0.5, 0.6) is 0 Å². The van der Waals surface area contributed by atoms with Crippen LogP contribution in [0.2, 0.25) is 0 Å². The molecule has 0 bridgehead atoms. The third kappa shape index (κ3) is 3.16. The number of rotatable bonds is 5. The molecule has 6 nitrogen and oxygen atoms in total. The highest BCUT2D eigenvalue weighted by molar-refractivity contribution is 5.74. The lowest BCUT2D eigenvalue weighted by molar-refractivity contribution is 1.06. The summed E-state index contributed by atoms with van der Waals surface area (Å²) < 4.78 is 0. The number of hydrogen-bond acceptors (Lipinski definition) is 5. The van der Waals surface area contributed by atoms with Gasteiger partial charge in [0, 0.05) is 29.8 Å². The van der Waals surface area contributed by atoms with Gasteiger partial charge in [-0.2, -0.15) is 5.10 Å². The third-order valence-corrected chi connectivity index (χ3v) is 3.19. The topological polar surface area (TPSA) is 79.4 Å². The Morgan fingerprint density at radius 3 is 2.74 bits per heavy atom. The van der Waals surface area contributed by atoms with Gasteiger partial charge in [0.05, 0.1) is 5.69 Å². The van der Waals surface area contributed by atoms with Crippen molar-refractivity contribution in [2.24, 2.45) is 0 Å². The van der Waals surface area contributed by atoms with Gasteiger partial charge in [-0.25, -0.2) is 9.97 Å². The molecule has 0 unspecified atom stereocenters. The van der Waals surface area contributed by atoms with Crippen LogP contribution >= 0.6 is 0 Å².